The van der Waals surface area contributed by atoms with Crippen LogP contribution in [-0.2, 0) is 19.1 Å². The SMILES string of the molecule is C[C@H](O[C@@H]1O[C@H](C(=O)O)[C@@H](O)[C@H](O)[C@H]1O)C(=O)Oc1cc(O)c2c(=O)cc(-c3ccc(O)c(O)c3)oc2c1. The first kappa shape index (κ1) is 26.8. The van der Waals surface area contributed by atoms with Gasteiger partial charge in [-0.3, -0.25) is 4.79 Å². The summed E-state index contributed by atoms with van der Waals surface area (Å²) in [6.07, 6.45) is -11.1. The van der Waals surface area contributed by atoms with Crippen LogP contribution in [0.3, 0.4) is 0 Å². The Morgan fingerprint density at radius 2 is 1.63 bits per heavy atom. The van der Waals surface area contributed by atoms with E-state index in [1.54, 1.807) is 0 Å². The van der Waals surface area contributed by atoms with Gasteiger partial charge in [-0.2, -0.15) is 0 Å². The van der Waals surface area contributed by atoms with Crippen molar-refractivity contribution in [3.8, 4) is 34.3 Å². The standard InChI is InChI=1S/C24H22O14/c1-8(35-24-20(31)18(29)19(30)21(38-24)22(32)33)23(34)36-10-5-13(27)17-14(28)7-15(37-16(17)6-10)9-2-3-11(25)12(26)4-9/h2-8,18-21,24-27,29-31H,1H3,(H,32,33)/t8-,18-,19-,20+,21-,24+/m0/s1. The number of aliphatic hydroxyl groups is 3. The normalized spacial score (nSPS) is 24.2. The maximum atomic E-state index is 12.6. The summed E-state index contributed by atoms with van der Waals surface area (Å²) in [6.45, 7) is 1.17. The largest absolute Gasteiger partial charge is 0.507 e. The Bertz CT molecular complexity index is 1450. The number of hydrogen-bond acceptors (Lipinski definition) is 13. The number of carbonyl (C=O) groups excluding carboxylic acids is 1. The molecule has 3 aromatic rings. The Hall–Kier alpha value is -4.21. The lowest BCUT2D eigenvalue weighted by Gasteiger charge is -2.39. The van der Waals surface area contributed by atoms with Crippen molar-refractivity contribution in [1.82, 2.24) is 0 Å². The number of rotatable bonds is 6. The lowest BCUT2D eigenvalue weighted by Crippen LogP contribution is -2.61. The topological polar surface area (TPSA) is 234 Å². The molecule has 1 aliphatic rings. The minimum absolute atomic E-state index is 0.0328. The van der Waals surface area contributed by atoms with Gasteiger partial charge in [-0.25, -0.2) is 9.59 Å². The highest BCUT2D eigenvalue weighted by Gasteiger charge is 2.48. The first-order valence-corrected chi connectivity index (χ1v) is 11.0. The van der Waals surface area contributed by atoms with E-state index in [9.17, 15) is 45.0 Å². The summed E-state index contributed by atoms with van der Waals surface area (Å²) in [4.78, 5) is 36.4. The first-order valence-electron chi connectivity index (χ1n) is 11.0. The fraction of sp³-hybridized carbons (Fsp3) is 0.292. The van der Waals surface area contributed by atoms with Crippen molar-refractivity contribution < 1.29 is 64.0 Å². The molecule has 0 saturated carbocycles. The highest BCUT2D eigenvalue weighted by atomic mass is 16.7. The van der Waals surface area contributed by atoms with Crippen molar-refractivity contribution in [2.24, 2.45) is 0 Å². The Morgan fingerprint density at radius 1 is 0.921 bits per heavy atom. The van der Waals surface area contributed by atoms with E-state index >= 15 is 0 Å². The molecule has 2 aromatic carbocycles. The third-order valence-corrected chi connectivity index (χ3v) is 5.74. The van der Waals surface area contributed by atoms with E-state index in [1.165, 1.54) is 19.1 Å². The zero-order chi connectivity index (χ0) is 27.9. The number of ether oxygens (including phenoxy) is 3. The highest BCUT2D eigenvalue weighted by molar-refractivity contribution is 5.87. The molecule has 2 heterocycles. The number of esters is 1. The highest BCUT2D eigenvalue weighted by Crippen LogP contribution is 2.34. The fourth-order valence-corrected chi connectivity index (χ4v) is 3.74. The van der Waals surface area contributed by atoms with E-state index in [-0.39, 0.29) is 28.0 Å². The third kappa shape index (κ3) is 5.11. The van der Waals surface area contributed by atoms with E-state index in [0.29, 0.717) is 0 Å². The van der Waals surface area contributed by atoms with E-state index in [2.05, 4.69) is 0 Å². The molecule has 1 fully saturated rings. The second kappa shape index (κ2) is 10.3. The van der Waals surface area contributed by atoms with Gasteiger partial charge in [0.25, 0.3) is 0 Å². The number of phenolic OH excluding ortho intramolecular Hbond substituents is 3. The van der Waals surface area contributed by atoms with Crippen molar-refractivity contribution in [2.45, 2.75) is 43.7 Å². The van der Waals surface area contributed by atoms with Gasteiger partial charge in [-0.15, -0.1) is 0 Å². The molecular formula is C24H22O14. The maximum absolute atomic E-state index is 12.6. The first-order chi connectivity index (χ1) is 17.9. The molecule has 0 unspecified atom stereocenters. The molecule has 1 saturated heterocycles. The molecule has 4 rings (SSSR count). The van der Waals surface area contributed by atoms with E-state index in [4.69, 9.17) is 23.7 Å². The van der Waals surface area contributed by atoms with Gasteiger partial charge in [0.05, 0.1) is 0 Å². The number of carbonyl (C=O) groups is 2. The summed E-state index contributed by atoms with van der Waals surface area (Å²) in [5, 5.41) is 68.1. The molecule has 38 heavy (non-hydrogen) atoms. The van der Waals surface area contributed by atoms with Gasteiger partial charge < -0.3 is 54.4 Å². The van der Waals surface area contributed by atoms with Crippen LogP contribution in [0.5, 0.6) is 23.0 Å². The number of phenols is 3. The molecule has 14 nitrogen and oxygen atoms in total. The van der Waals surface area contributed by atoms with E-state index < -0.39 is 71.4 Å². The van der Waals surface area contributed by atoms with Gasteiger partial charge in [-0.1, -0.05) is 0 Å². The van der Waals surface area contributed by atoms with Crippen LogP contribution >= 0.6 is 0 Å². The van der Waals surface area contributed by atoms with Gasteiger partial charge in [0.2, 0.25) is 0 Å². The molecule has 1 aliphatic heterocycles. The second-order valence-corrected chi connectivity index (χ2v) is 8.43. The number of aromatic hydroxyl groups is 3. The lowest BCUT2D eigenvalue weighted by atomic mass is 9.99. The van der Waals surface area contributed by atoms with Crippen LogP contribution in [0.1, 0.15) is 6.92 Å². The van der Waals surface area contributed by atoms with Gasteiger partial charge in [0.1, 0.15) is 46.5 Å². The fourth-order valence-electron chi connectivity index (χ4n) is 3.74. The average molecular weight is 534 g/mol. The molecule has 0 spiro atoms. The number of benzene rings is 2. The van der Waals surface area contributed by atoms with Crippen molar-refractivity contribution in [2.75, 3.05) is 0 Å². The molecule has 14 heteroatoms. The predicted molar refractivity (Wildman–Crippen MR) is 123 cm³/mol. The van der Waals surface area contributed by atoms with Crippen molar-refractivity contribution in [1.29, 1.82) is 0 Å². The van der Waals surface area contributed by atoms with Crippen LogP contribution in [0.2, 0.25) is 0 Å². The Labute approximate surface area is 212 Å². The average Bonchev–Trinajstić information content (AvgIpc) is 2.85. The van der Waals surface area contributed by atoms with E-state index in [0.717, 1.165) is 24.3 Å². The van der Waals surface area contributed by atoms with Crippen molar-refractivity contribution in [3.63, 3.8) is 0 Å². The molecule has 0 amide bonds. The lowest BCUT2D eigenvalue weighted by molar-refractivity contribution is -0.301. The molecule has 1 aromatic heterocycles. The van der Waals surface area contributed by atoms with Gasteiger partial charge in [-0.05, 0) is 25.1 Å². The predicted octanol–water partition coefficient (Wildman–Crippen LogP) is -0.220. The minimum Gasteiger partial charge on any atom is -0.507 e. The summed E-state index contributed by atoms with van der Waals surface area (Å²) < 4.78 is 21.0. The van der Waals surface area contributed by atoms with Crippen LogP contribution in [-0.4, -0.2) is 84.5 Å². The van der Waals surface area contributed by atoms with Crippen molar-refractivity contribution >= 4 is 22.9 Å². The number of aliphatic hydroxyl groups excluding tert-OH is 3. The van der Waals surface area contributed by atoms with Crippen LogP contribution in [0.15, 0.2) is 45.6 Å². The number of hydrogen-bond donors (Lipinski definition) is 7. The summed E-state index contributed by atoms with van der Waals surface area (Å²) in [6, 6.07) is 6.83. The summed E-state index contributed by atoms with van der Waals surface area (Å²) in [7, 11) is 0. The van der Waals surface area contributed by atoms with Crippen LogP contribution < -0.4 is 10.2 Å². The van der Waals surface area contributed by atoms with Crippen LogP contribution in [0.25, 0.3) is 22.3 Å². The van der Waals surface area contributed by atoms with Crippen molar-refractivity contribution in [3.05, 3.63) is 46.6 Å². The van der Waals surface area contributed by atoms with Crippen LogP contribution in [0, 0.1) is 0 Å². The summed E-state index contributed by atoms with van der Waals surface area (Å²) in [5.41, 5.74) is -0.622. The second-order valence-electron chi connectivity index (χ2n) is 8.43. The Morgan fingerprint density at radius 3 is 2.29 bits per heavy atom. The third-order valence-electron chi connectivity index (χ3n) is 5.74. The quantitative estimate of drug-likeness (QED) is 0.123. The molecule has 7 N–H and O–H groups in total. The van der Waals surface area contributed by atoms with Crippen LogP contribution in [0.4, 0.5) is 0 Å². The number of aliphatic carboxylic acids is 1. The minimum atomic E-state index is -1.95. The zero-order valence-electron chi connectivity index (χ0n) is 19.4. The molecular weight excluding hydrogens is 512 g/mol. The molecule has 0 aliphatic carbocycles. The summed E-state index contributed by atoms with van der Waals surface area (Å²) in [5.74, 6) is -4.50. The monoisotopic (exact) mass is 534 g/mol. The number of carboxylic acids is 1. The van der Waals surface area contributed by atoms with Gasteiger partial charge in [0, 0.05) is 23.8 Å². The molecule has 6 atom stereocenters. The Balaban J connectivity index is 1.56. The van der Waals surface area contributed by atoms with E-state index in [1.807, 2.05) is 0 Å². The summed E-state index contributed by atoms with van der Waals surface area (Å²) >= 11 is 0. The zero-order valence-corrected chi connectivity index (χ0v) is 19.4. The number of fused-ring (bicyclic) bond motifs is 1. The molecule has 0 bridgehead atoms. The molecule has 202 valence electrons. The molecule has 0 radical (unpaired) electrons. The Kier molecular flexibility index (Phi) is 7.26. The number of carboxylic acid groups (broad SMARTS) is 1. The van der Waals surface area contributed by atoms with Gasteiger partial charge in [0.15, 0.2) is 35.4 Å². The maximum Gasteiger partial charge on any atom is 0.340 e. The van der Waals surface area contributed by atoms with Gasteiger partial charge >= 0.3 is 11.9 Å². The smallest absolute Gasteiger partial charge is 0.340 e.